The molecule has 0 aliphatic carbocycles. The lowest BCUT2D eigenvalue weighted by molar-refractivity contribution is 0.402. The molecule has 1 atom stereocenters. The fraction of sp³-hybridized carbons (Fsp3) is 0.0189. The Morgan fingerprint density at radius 2 is 1.14 bits per heavy atom. The maximum atomic E-state index is 17.0. The van der Waals surface area contributed by atoms with Crippen LogP contribution in [0, 0.1) is 0 Å². The zero-order valence-corrected chi connectivity index (χ0v) is 33.0. The maximum Gasteiger partial charge on any atom is 0.188 e. The first-order valence-corrected chi connectivity index (χ1v) is 22.0. The lowest BCUT2D eigenvalue weighted by Crippen LogP contribution is -2.77. The maximum absolute atomic E-state index is 17.0. The second-order valence-corrected chi connectivity index (χ2v) is 18.7. The minimum absolute atomic E-state index is 0.569. The van der Waals surface area contributed by atoms with Crippen molar-refractivity contribution in [2.75, 3.05) is 4.90 Å². The van der Waals surface area contributed by atoms with E-state index in [9.17, 15) is 0 Å². The van der Waals surface area contributed by atoms with Crippen molar-refractivity contribution in [2.45, 2.75) is 6.17 Å². The molecule has 10 aromatic rings. The van der Waals surface area contributed by atoms with E-state index in [1.54, 1.807) is 6.20 Å². The van der Waals surface area contributed by atoms with Crippen LogP contribution in [0.25, 0.3) is 38.8 Å². The molecule has 1 aliphatic heterocycles. The van der Waals surface area contributed by atoms with E-state index < -0.39 is 14.2 Å². The van der Waals surface area contributed by atoms with Gasteiger partial charge >= 0.3 is 0 Å². The number of anilines is 3. The van der Waals surface area contributed by atoms with Crippen LogP contribution in [0.2, 0.25) is 0 Å². The molecule has 4 heterocycles. The average molecular weight is 777 g/mol. The fourth-order valence-electron chi connectivity index (χ4n) is 9.34. The number of benzene rings is 7. The van der Waals surface area contributed by atoms with E-state index in [1.165, 1.54) is 20.7 Å². The lowest BCUT2D eigenvalue weighted by Gasteiger charge is -2.44. The summed E-state index contributed by atoms with van der Waals surface area (Å²) in [7, 11) is -3.17. The van der Waals surface area contributed by atoms with E-state index in [4.69, 9.17) is 4.98 Å². The van der Waals surface area contributed by atoms with E-state index in [0.717, 1.165) is 55.9 Å². The molecule has 280 valence electrons. The second kappa shape index (κ2) is 14.2. The van der Waals surface area contributed by atoms with E-state index in [2.05, 4.69) is 166 Å². The van der Waals surface area contributed by atoms with Gasteiger partial charge in [-0.1, -0.05) is 152 Å². The largest absolute Gasteiger partial charge is 0.309 e. The summed E-state index contributed by atoms with van der Waals surface area (Å²) in [5, 5.41) is 7.21. The third-order valence-corrected chi connectivity index (χ3v) is 16.7. The SMILES string of the molecule is FC(c1cccc(-c2ccccn2)c1)c1cccc(N2c3ccccc3[Si](c3ccccc3)(c3ccccc3)c3c2ncc2c4ccccc4n(-c4ccccc4)c32)c1. The number of hydrogen-bond acceptors (Lipinski definition) is 3. The van der Waals surface area contributed by atoms with Crippen molar-refractivity contribution in [2.24, 2.45) is 0 Å². The van der Waals surface area contributed by atoms with Gasteiger partial charge < -0.3 is 4.57 Å². The molecule has 0 spiro atoms. The number of pyridine rings is 2. The molecule has 0 radical (unpaired) electrons. The smallest absolute Gasteiger partial charge is 0.188 e. The van der Waals surface area contributed by atoms with Crippen molar-refractivity contribution < 1.29 is 4.39 Å². The molecule has 0 bridgehead atoms. The van der Waals surface area contributed by atoms with Crippen LogP contribution >= 0.6 is 0 Å². The van der Waals surface area contributed by atoms with Gasteiger partial charge in [-0.2, -0.15) is 0 Å². The Bertz CT molecular complexity index is 3090. The molecule has 0 amide bonds. The average Bonchev–Trinajstić information content (AvgIpc) is 3.66. The number of hydrogen-bond donors (Lipinski definition) is 0. The normalized spacial score (nSPS) is 13.5. The summed E-state index contributed by atoms with van der Waals surface area (Å²) in [6, 6.07) is 71.6. The molecule has 1 aliphatic rings. The van der Waals surface area contributed by atoms with Gasteiger partial charge in [0.2, 0.25) is 0 Å². The summed E-state index contributed by atoms with van der Waals surface area (Å²) >= 11 is 0. The van der Waals surface area contributed by atoms with Crippen molar-refractivity contribution in [3.63, 3.8) is 0 Å². The number of nitrogens with zero attached hydrogens (tertiary/aromatic N) is 4. The molecule has 7 aromatic carbocycles. The Kier molecular flexibility index (Phi) is 8.38. The van der Waals surface area contributed by atoms with Gasteiger partial charge in [0.15, 0.2) is 14.2 Å². The molecule has 3 aromatic heterocycles. The van der Waals surface area contributed by atoms with Crippen LogP contribution in [-0.4, -0.2) is 22.6 Å². The van der Waals surface area contributed by atoms with Gasteiger partial charge in [-0.3, -0.25) is 9.88 Å². The van der Waals surface area contributed by atoms with Gasteiger partial charge in [-0.15, -0.1) is 0 Å². The van der Waals surface area contributed by atoms with Gasteiger partial charge in [0, 0.05) is 51.0 Å². The first-order chi connectivity index (χ1) is 29.2. The number of alkyl halides is 1. The monoisotopic (exact) mass is 776 g/mol. The van der Waals surface area contributed by atoms with Gasteiger partial charge in [-0.25, -0.2) is 9.37 Å². The highest BCUT2D eigenvalue weighted by Crippen LogP contribution is 2.42. The number of fused-ring (bicyclic) bond motifs is 6. The summed E-state index contributed by atoms with van der Waals surface area (Å²) in [5.74, 6) is 0.847. The summed E-state index contributed by atoms with van der Waals surface area (Å²) in [6.45, 7) is 0. The van der Waals surface area contributed by atoms with Gasteiger partial charge in [-0.05, 0) is 81.3 Å². The topological polar surface area (TPSA) is 34.0 Å². The molecular weight excluding hydrogens is 740 g/mol. The lowest BCUT2D eigenvalue weighted by atomic mass is 9.99. The molecule has 6 heteroatoms. The van der Waals surface area contributed by atoms with Gasteiger partial charge in [0.05, 0.1) is 16.7 Å². The van der Waals surface area contributed by atoms with Crippen molar-refractivity contribution in [3.05, 3.63) is 230 Å². The molecular formula is C53H37FN4Si. The van der Waals surface area contributed by atoms with Crippen LogP contribution < -0.4 is 25.6 Å². The first kappa shape index (κ1) is 34.8. The molecule has 1 unspecified atom stereocenters. The molecule has 59 heavy (non-hydrogen) atoms. The molecule has 4 nitrogen and oxygen atoms in total. The van der Waals surface area contributed by atoms with Gasteiger partial charge in [0.1, 0.15) is 5.82 Å². The zero-order chi connectivity index (χ0) is 39.3. The van der Waals surface area contributed by atoms with Crippen molar-refractivity contribution in [3.8, 4) is 16.9 Å². The number of aromatic nitrogens is 3. The number of rotatable bonds is 7. The van der Waals surface area contributed by atoms with Crippen molar-refractivity contribution >= 4 is 67.8 Å². The van der Waals surface area contributed by atoms with E-state index in [1.807, 2.05) is 60.7 Å². The Morgan fingerprint density at radius 3 is 1.88 bits per heavy atom. The predicted octanol–water partition coefficient (Wildman–Crippen LogP) is 10.5. The van der Waals surface area contributed by atoms with E-state index in [0.29, 0.717) is 11.1 Å². The number of para-hydroxylation sites is 3. The third-order valence-electron chi connectivity index (χ3n) is 11.8. The highest BCUT2D eigenvalue weighted by Gasteiger charge is 2.51. The van der Waals surface area contributed by atoms with Crippen LogP contribution in [0.3, 0.4) is 0 Å². The molecule has 0 saturated carbocycles. The summed E-state index contributed by atoms with van der Waals surface area (Å²) < 4.78 is 19.4. The summed E-state index contributed by atoms with van der Waals surface area (Å²) in [6.07, 6.45) is 2.45. The van der Waals surface area contributed by atoms with Crippen molar-refractivity contribution in [1.29, 1.82) is 0 Å². The van der Waals surface area contributed by atoms with Crippen LogP contribution in [0.1, 0.15) is 17.3 Å². The Hall–Kier alpha value is -7.41. The van der Waals surface area contributed by atoms with E-state index in [-0.39, 0.29) is 0 Å². The third kappa shape index (κ3) is 5.48. The highest BCUT2D eigenvalue weighted by atomic mass is 28.3. The molecule has 11 rings (SSSR count). The Labute approximate surface area is 343 Å². The fourth-order valence-corrected chi connectivity index (χ4v) is 14.6. The number of halogens is 1. The summed E-state index contributed by atoms with van der Waals surface area (Å²) in [5.41, 5.74) is 8.06. The zero-order valence-electron chi connectivity index (χ0n) is 32.0. The molecule has 0 fully saturated rings. The van der Waals surface area contributed by atoms with Crippen LogP contribution in [-0.2, 0) is 0 Å². The van der Waals surface area contributed by atoms with Crippen LogP contribution in [0.4, 0.5) is 21.6 Å². The molecule has 0 saturated heterocycles. The Morgan fingerprint density at radius 1 is 0.508 bits per heavy atom. The van der Waals surface area contributed by atoms with Crippen LogP contribution in [0.15, 0.2) is 219 Å². The first-order valence-electron chi connectivity index (χ1n) is 20.0. The van der Waals surface area contributed by atoms with Crippen LogP contribution in [0.5, 0.6) is 0 Å². The van der Waals surface area contributed by atoms with E-state index >= 15 is 4.39 Å². The minimum atomic E-state index is -3.17. The molecule has 0 N–H and O–H groups in total. The predicted molar refractivity (Wildman–Crippen MR) is 243 cm³/mol. The highest BCUT2D eigenvalue weighted by molar-refractivity contribution is 7.22. The van der Waals surface area contributed by atoms with Gasteiger partial charge in [0.25, 0.3) is 0 Å². The standard InChI is InChI=1S/C53H37FN4Si/c54-50(38-19-16-18-37(34-38)46-29-14-15-33-55-46)39-20-17-23-41(35-39)58-48-31-12-13-32-49(48)59(42-24-6-2-7-25-42,43-26-8-3-9-27-43)52-51-45(36-56-53(52)58)44-28-10-11-30-47(44)57(51)40-21-4-1-5-22-40/h1-36,50H. The second-order valence-electron chi connectivity index (χ2n) is 15.0. The van der Waals surface area contributed by atoms with Crippen molar-refractivity contribution in [1.82, 2.24) is 14.5 Å². The minimum Gasteiger partial charge on any atom is -0.309 e. The quantitative estimate of drug-likeness (QED) is 0.151. The Balaban J connectivity index is 1.22. The summed E-state index contributed by atoms with van der Waals surface area (Å²) in [4.78, 5) is 12.3.